The van der Waals surface area contributed by atoms with Crippen LogP contribution in [0.5, 0.6) is 5.75 Å². The van der Waals surface area contributed by atoms with Gasteiger partial charge in [0.2, 0.25) is 10.0 Å². The van der Waals surface area contributed by atoms with E-state index in [0.29, 0.717) is 48.4 Å². The highest BCUT2D eigenvalue weighted by molar-refractivity contribution is 7.89. The number of hydrogen-bond donors (Lipinski definition) is 1. The van der Waals surface area contributed by atoms with E-state index in [1.807, 2.05) is 0 Å². The first-order chi connectivity index (χ1) is 12.5. The van der Waals surface area contributed by atoms with Crippen molar-refractivity contribution in [1.82, 2.24) is 19.5 Å². The minimum atomic E-state index is -3.83. The van der Waals surface area contributed by atoms with Crippen molar-refractivity contribution in [3.8, 4) is 5.75 Å². The average Bonchev–Trinajstić information content (AvgIpc) is 3.20. The summed E-state index contributed by atoms with van der Waals surface area (Å²) in [6.07, 6.45) is 2.10. The lowest BCUT2D eigenvalue weighted by Crippen LogP contribution is -2.33. The third-order valence-electron chi connectivity index (χ3n) is 4.49. The molecule has 1 atom stereocenters. The van der Waals surface area contributed by atoms with Gasteiger partial charge in [-0.05, 0) is 25.0 Å². The largest absolute Gasteiger partial charge is 0.492 e. The van der Waals surface area contributed by atoms with Gasteiger partial charge < -0.3 is 9.47 Å². The molecule has 8 nitrogen and oxygen atoms in total. The van der Waals surface area contributed by atoms with Crippen LogP contribution in [-0.2, 0) is 34.3 Å². The summed E-state index contributed by atoms with van der Waals surface area (Å²) in [5.41, 5.74) is 0.812. The van der Waals surface area contributed by atoms with Gasteiger partial charge in [0.05, 0.1) is 12.6 Å². The molecule has 26 heavy (non-hydrogen) atoms. The average molecular weight is 399 g/mol. The molecule has 0 radical (unpaired) electrons. The number of nitrogens with one attached hydrogen (secondary N) is 1. The fourth-order valence-corrected chi connectivity index (χ4v) is 5.13. The second kappa shape index (κ2) is 6.80. The van der Waals surface area contributed by atoms with Crippen molar-refractivity contribution >= 4 is 21.6 Å². The predicted molar refractivity (Wildman–Crippen MR) is 93.7 cm³/mol. The van der Waals surface area contributed by atoms with Crippen LogP contribution in [0.4, 0.5) is 0 Å². The molecule has 1 unspecified atom stereocenters. The van der Waals surface area contributed by atoms with Crippen LogP contribution < -0.4 is 9.46 Å². The third kappa shape index (κ3) is 3.20. The van der Waals surface area contributed by atoms with Crippen LogP contribution in [0.3, 0.4) is 0 Å². The van der Waals surface area contributed by atoms with Crippen LogP contribution in [-0.4, -0.2) is 36.9 Å². The third-order valence-corrected chi connectivity index (χ3v) is 6.19. The van der Waals surface area contributed by atoms with Gasteiger partial charge in [0, 0.05) is 30.7 Å². The quantitative estimate of drug-likeness (QED) is 0.825. The molecule has 1 N–H and O–H groups in total. The highest BCUT2D eigenvalue weighted by Gasteiger charge is 2.32. The van der Waals surface area contributed by atoms with Gasteiger partial charge in [-0.3, -0.25) is 0 Å². The summed E-state index contributed by atoms with van der Waals surface area (Å²) in [5, 5.41) is 4.74. The van der Waals surface area contributed by atoms with E-state index in [4.69, 9.17) is 21.1 Å². The number of aromatic nitrogens is 3. The second-order valence-electron chi connectivity index (χ2n) is 6.35. The molecule has 0 spiro atoms. The first-order valence-electron chi connectivity index (χ1n) is 8.38. The van der Waals surface area contributed by atoms with Crippen molar-refractivity contribution in [3.05, 3.63) is 34.4 Å². The SMILES string of the molecule is COCc1nc2n(n1)CCCC2NS(=O)(=O)c1cc(Cl)cc2c1OCC2. The Bertz CT molecular complexity index is 944. The summed E-state index contributed by atoms with van der Waals surface area (Å²) >= 11 is 6.11. The number of sulfonamides is 1. The standard InChI is InChI=1S/C16H19ClN4O4S/c1-24-9-14-18-16-12(3-2-5-21(16)19-14)20-26(22,23)13-8-11(17)7-10-4-6-25-15(10)13/h7-8,12,20H,2-6,9H2,1H3. The van der Waals surface area contributed by atoms with E-state index in [0.717, 1.165) is 12.0 Å². The molecule has 4 rings (SSSR count). The smallest absolute Gasteiger partial charge is 0.244 e. The first kappa shape index (κ1) is 17.7. The fourth-order valence-electron chi connectivity index (χ4n) is 3.39. The molecule has 0 aliphatic carbocycles. The van der Waals surface area contributed by atoms with Gasteiger partial charge in [0.25, 0.3) is 0 Å². The zero-order valence-electron chi connectivity index (χ0n) is 14.2. The molecule has 1 aromatic heterocycles. The Labute approximate surface area is 156 Å². The fraction of sp³-hybridized carbons (Fsp3) is 0.500. The molecule has 0 saturated carbocycles. The number of fused-ring (bicyclic) bond motifs is 2. The van der Waals surface area contributed by atoms with Crippen molar-refractivity contribution in [2.45, 2.75) is 43.4 Å². The molecule has 1 aromatic carbocycles. The number of methoxy groups -OCH3 is 1. The van der Waals surface area contributed by atoms with Gasteiger partial charge in [-0.15, -0.1) is 0 Å². The maximum Gasteiger partial charge on any atom is 0.244 e. The molecule has 0 saturated heterocycles. The number of halogens is 1. The van der Waals surface area contributed by atoms with E-state index in [1.165, 1.54) is 6.07 Å². The highest BCUT2D eigenvalue weighted by atomic mass is 35.5. The van der Waals surface area contributed by atoms with Crippen molar-refractivity contribution in [3.63, 3.8) is 0 Å². The van der Waals surface area contributed by atoms with E-state index in [1.54, 1.807) is 17.9 Å². The van der Waals surface area contributed by atoms with Crippen LogP contribution in [0.1, 0.15) is 36.1 Å². The van der Waals surface area contributed by atoms with Gasteiger partial charge in [-0.2, -0.15) is 5.10 Å². The van der Waals surface area contributed by atoms with Crippen LogP contribution in [0.2, 0.25) is 5.02 Å². The highest BCUT2D eigenvalue weighted by Crippen LogP contribution is 2.36. The lowest BCUT2D eigenvalue weighted by molar-refractivity contribution is 0.177. The molecule has 10 heteroatoms. The number of benzene rings is 1. The number of hydrogen-bond acceptors (Lipinski definition) is 6. The van der Waals surface area contributed by atoms with Crippen LogP contribution in [0, 0.1) is 0 Å². The summed E-state index contributed by atoms with van der Waals surface area (Å²) in [7, 11) is -2.26. The topological polar surface area (TPSA) is 95.3 Å². The molecule has 0 amide bonds. The maximum absolute atomic E-state index is 13.0. The van der Waals surface area contributed by atoms with Gasteiger partial charge in [0.15, 0.2) is 5.82 Å². The Kier molecular flexibility index (Phi) is 4.64. The second-order valence-corrected chi connectivity index (χ2v) is 8.47. The van der Waals surface area contributed by atoms with E-state index < -0.39 is 16.1 Å². The van der Waals surface area contributed by atoms with Gasteiger partial charge in [-0.25, -0.2) is 22.8 Å². The molecule has 2 aliphatic heterocycles. The Morgan fingerprint density at radius 1 is 1.46 bits per heavy atom. The number of nitrogens with zero attached hydrogens (tertiary/aromatic N) is 3. The molecular formula is C16H19ClN4O4S. The summed E-state index contributed by atoms with van der Waals surface area (Å²) in [4.78, 5) is 4.51. The zero-order valence-corrected chi connectivity index (χ0v) is 15.8. The summed E-state index contributed by atoms with van der Waals surface area (Å²) in [6, 6.07) is 2.72. The number of rotatable bonds is 5. The molecular weight excluding hydrogens is 380 g/mol. The molecule has 140 valence electrons. The summed E-state index contributed by atoms with van der Waals surface area (Å²) in [5.74, 6) is 1.53. The van der Waals surface area contributed by atoms with Gasteiger partial charge >= 0.3 is 0 Å². The van der Waals surface area contributed by atoms with E-state index in [-0.39, 0.29) is 11.5 Å². The Morgan fingerprint density at radius 2 is 2.31 bits per heavy atom. The van der Waals surface area contributed by atoms with Crippen molar-refractivity contribution in [2.75, 3.05) is 13.7 Å². The zero-order chi connectivity index (χ0) is 18.3. The number of aryl methyl sites for hydroxylation is 1. The van der Waals surface area contributed by atoms with Crippen LogP contribution in [0.15, 0.2) is 17.0 Å². The normalized spacial score (nSPS) is 19.1. The van der Waals surface area contributed by atoms with Crippen molar-refractivity contribution in [2.24, 2.45) is 0 Å². The van der Waals surface area contributed by atoms with E-state index >= 15 is 0 Å². The Hall–Kier alpha value is -1.68. The summed E-state index contributed by atoms with van der Waals surface area (Å²) < 4.78 is 41.1. The molecule has 0 fully saturated rings. The lowest BCUT2D eigenvalue weighted by atomic mass is 10.1. The van der Waals surface area contributed by atoms with Gasteiger partial charge in [-0.1, -0.05) is 11.6 Å². The van der Waals surface area contributed by atoms with Crippen LogP contribution >= 0.6 is 11.6 Å². The monoisotopic (exact) mass is 398 g/mol. The van der Waals surface area contributed by atoms with Crippen molar-refractivity contribution in [1.29, 1.82) is 0 Å². The Balaban J connectivity index is 1.66. The van der Waals surface area contributed by atoms with E-state index in [9.17, 15) is 8.42 Å². The molecule has 3 heterocycles. The maximum atomic E-state index is 13.0. The molecule has 2 aliphatic rings. The molecule has 0 bridgehead atoms. The van der Waals surface area contributed by atoms with E-state index in [2.05, 4.69) is 14.8 Å². The number of ether oxygens (including phenoxy) is 2. The molecule has 2 aromatic rings. The Morgan fingerprint density at radius 3 is 3.12 bits per heavy atom. The lowest BCUT2D eigenvalue weighted by Gasteiger charge is -2.23. The van der Waals surface area contributed by atoms with Crippen LogP contribution in [0.25, 0.3) is 0 Å². The first-order valence-corrected chi connectivity index (χ1v) is 10.2. The summed E-state index contributed by atoms with van der Waals surface area (Å²) in [6.45, 7) is 1.45. The minimum Gasteiger partial charge on any atom is -0.492 e. The van der Waals surface area contributed by atoms with Gasteiger partial charge in [0.1, 0.15) is 23.1 Å². The minimum absolute atomic E-state index is 0.0752. The van der Waals surface area contributed by atoms with Crippen molar-refractivity contribution < 1.29 is 17.9 Å². The predicted octanol–water partition coefficient (Wildman–Crippen LogP) is 1.83.